The molecule has 8 heteroatoms. The van der Waals surface area contributed by atoms with Crippen molar-refractivity contribution >= 4 is 17.3 Å². The van der Waals surface area contributed by atoms with Gasteiger partial charge >= 0.3 is 0 Å². The normalized spacial score (nSPS) is 16.5. The second-order valence-electron chi connectivity index (χ2n) is 8.88. The van der Waals surface area contributed by atoms with E-state index in [2.05, 4.69) is 37.6 Å². The number of piperidine rings is 1. The van der Waals surface area contributed by atoms with Crippen LogP contribution < -0.4 is 20.3 Å². The van der Waals surface area contributed by atoms with Crippen LogP contribution in [0.15, 0.2) is 54.9 Å². The second-order valence-corrected chi connectivity index (χ2v) is 8.88. The summed E-state index contributed by atoms with van der Waals surface area (Å²) < 4.78 is 11.4. The quantitative estimate of drug-likeness (QED) is 0.536. The number of rotatable bonds is 7. The Morgan fingerprint density at radius 1 is 1.03 bits per heavy atom. The van der Waals surface area contributed by atoms with Crippen molar-refractivity contribution < 1.29 is 9.47 Å². The minimum absolute atomic E-state index is 0.535. The number of hydrogen-bond acceptors (Lipinski definition) is 8. The summed E-state index contributed by atoms with van der Waals surface area (Å²) in [6, 6.07) is 16.0. The van der Waals surface area contributed by atoms with Crippen LogP contribution in [0.1, 0.15) is 18.4 Å². The Hall–Kier alpha value is -3.67. The molecule has 8 nitrogen and oxygen atoms in total. The molecule has 1 aromatic carbocycles. The SMILES string of the molecule is N#Cc1cc(-c2ccnc(Nc3ccc(N4CCOCC4)cn3)c2)ccc1OCC1CCNCC1. The first kappa shape index (κ1) is 23.1. The summed E-state index contributed by atoms with van der Waals surface area (Å²) >= 11 is 0. The summed E-state index contributed by atoms with van der Waals surface area (Å²) in [5.41, 5.74) is 3.54. The van der Waals surface area contributed by atoms with Gasteiger partial charge in [-0.05, 0) is 79.4 Å². The van der Waals surface area contributed by atoms with E-state index in [0.29, 0.717) is 29.7 Å². The second kappa shape index (κ2) is 11.2. The van der Waals surface area contributed by atoms with Crippen LogP contribution in [0.3, 0.4) is 0 Å². The first-order valence-corrected chi connectivity index (χ1v) is 12.2. The number of nitriles is 1. The van der Waals surface area contributed by atoms with E-state index in [1.807, 2.05) is 42.6 Å². The molecule has 5 rings (SSSR count). The standard InChI is InChI=1S/C27H30N6O2/c28-17-23-15-21(1-3-25(23)35-19-20-5-8-29-9-6-20)22-7-10-30-27(16-22)32-26-4-2-24(18-31-26)33-11-13-34-14-12-33/h1-4,7,10,15-16,18,20,29H,5-6,8-9,11-14,19H2,(H,30,31,32). The predicted octanol–water partition coefficient (Wildman–Crippen LogP) is 3.97. The molecule has 0 amide bonds. The lowest BCUT2D eigenvalue weighted by Gasteiger charge is -2.28. The number of pyridine rings is 2. The highest BCUT2D eigenvalue weighted by atomic mass is 16.5. The maximum Gasteiger partial charge on any atom is 0.137 e. The Morgan fingerprint density at radius 2 is 1.86 bits per heavy atom. The van der Waals surface area contributed by atoms with Gasteiger partial charge in [0, 0.05) is 19.3 Å². The van der Waals surface area contributed by atoms with Crippen LogP contribution in [0.4, 0.5) is 17.3 Å². The summed E-state index contributed by atoms with van der Waals surface area (Å²) in [5.74, 6) is 2.60. The first-order chi connectivity index (χ1) is 17.3. The van der Waals surface area contributed by atoms with Crippen molar-refractivity contribution in [1.82, 2.24) is 15.3 Å². The van der Waals surface area contributed by atoms with E-state index in [0.717, 1.165) is 74.9 Å². The van der Waals surface area contributed by atoms with Crippen molar-refractivity contribution in [1.29, 1.82) is 5.26 Å². The van der Waals surface area contributed by atoms with Crippen LogP contribution in [0.2, 0.25) is 0 Å². The van der Waals surface area contributed by atoms with E-state index in [-0.39, 0.29) is 0 Å². The fourth-order valence-electron chi connectivity index (χ4n) is 4.46. The Bertz CT molecular complexity index is 1170. The summed E-state index contributed by atoms with van der Waals surface area (Å²) in [5, 5.41) is 16.4. The maximum atomic E-state index is 9.71. The van der Waals surface area contributed by atoms with Gasteiger partial charge in [-0.1, -0.05) is 6.07 Å². The number of nitrogens with one attached hydrogen (secondary N) is 2. The smallest absolute Gasteiger partial charge is 0.137 e. The van der Waals surface area contributed by atoms with Crippen molar-refractivity contribution in [3.05, 3.63) is 60.4 Å². The van der Waals surface area contributed by atoms with Crippen molar-refractivity contribution in [3.63, 3.8) is 0 Å². The predicted molar refractivity (Wildman–Crippen MR) is 136 cm³/mol. The number of ether oxygens (including phenoxy) is 2. The fourth-order valence-corrected chi connectivity index (χ4v) is 4.46. The number of nitrogens with zero attached hydrogens (tertiary/aromatic N) is 4. The zero-order valence-electron chi connectivity index (χ0n) is 19.7. The minimum atomic E-state index is 0.535. The molecule has 2 fully saturated rings. The summed E-state index contributed by atoms with van der Waals surface area (Å²) in [4.78, 5) is 11.3. The van der Waals surface area contributed by atoms with Gasteiger partial charge in [-0.2, -0.15) is 5.26 Å². The van der Waals surface area contributed by atoms with Crippen LogP contribution in [-0.2, 0) is 4.74 Å². The van der Waals surface area contributed by atoms with Crippen molar-refractivity contribution in [2.75, 3.05) is 56.2 Å². The zero-order valence-corrected chi connectivity index (χ0v) is 19.7. The molecule has 0 bridgehead atoms. The molecule has 2 N–H and O–H groups in total. The zero-order chi connectivity index (χ0) is 23.9. The lowest BCUT2D eigenvalue weighted by molar-refractivity contribution is 0.122. The molecule has 0 spiro atoms. The molecule has 3 aromatic rings. The molecule has 0 radical (unpaired) electrons. The largest absolute Gasteiger partial charge is 0.492 e. The van der Waals surface area contributed by atoms with E-state index in [1.54, 1.807) is 6.20 Å². The average molecular weight is 471 g/mol. The Balaban J connectivity index is 1.26. The lowest BCUT2D eigenvalue weighted by Crippen LogP contribution is -2.36. The summed E-state index contributed by atoms with van der Waals surface area (Å²) in [6.45, 7) is 5.96. The van der Waals surface area contributed by atoms with Gasteiger partial charge < -0.3 is 25.0 Å². The van der Waals surface area contributed by atoms with E-state index in [9.17, 15) is 5.26 Å². The summed E-state index contributed by atoms with van der Waals surface area (Å²) in [7, 11) is 0. The average Bonchev–Trinajstić information content (AvgIpc) is 2.93. The third-order valence-electron chi connectivity index (χ3n) is 6.51. The monoisotopic (exact) mass is 470 g/mol. The van der Waals surface area contributed by atoms with Crippen molar-refractivity contribution in [3.8, 4) is 22.9 Å². The summed E-state index contributed by atoms with van der Waals surface area (Å²) in [6.07, 6.45) is 5.85. The highest BCUT2D eigenvalue weighted by Gasteiger charge is 2.15. The van der Waals surface area contributed by atoms with Crippen LogP contribution in [0, 0.1) is 17.2 Å². The topological polar surface area (TPSA) is 95.3 Å². The third-order valence-corrected chi connectivity index (χ3v) is 6.51. The van der Waals surface area contributed by atoms with E-state index >= 15 is 0 Å². The number of aromatic nitrogens is 2. The van der Waals surface area contributed by atoms with Crippen LogP contribution in [0.25, 0.3) is 11.1 Å². The molecule has 2 aliphatic rings. The van der Waals surface area contributed by atoms with Gasteiger partial charge in [0.1, 0.15) is 23.5 Å². The van der Waals surface area contributed by atoms with Crippen LogP contribution in [-0.4, -0.2) is 56.0 Å². The molecule has 0 saturated carbocycles. The van der Waals surface area contributed by atoms with Crippen molar-refractivity contribution in [2.24, 2.45) is 5.92 Å². The highest BCUT2D eigenvalue weighted by Crippen LogP contribution is 2.29. The molecular weight excluding hydrogens is 440 g/mol. The van der Waals surface area contributed by atoms with Crippen LogP contribution >= 0.6 is 0 Å². The molecule has 0 aliphatic carbocycles. The number of morpholine rings is 1. The van der Waals surface area contributed by atoms with Gasteiger partial charge in [0.05, 0.1) is 37.3 Å². The molecule has 2 aromatic heterocycles. The van der Waals surface area contributed by atoms with Gasteiger partial charge in [-0.15, -0.1) is 0 Å². The number of hydrogen-bond donors (Lipinski definition) is 2. The molecular formula is C27H30N6O2. The van der Waals surface area contributed by atoms with E-state index in [1.165, 1.54) is 0 Å². The Kier molecular flexibility index (Phi) is 7.37. The van der Waals surface area contributed by atoms with Gasteiger partial charge in [0.2, 0.25) is 0 Å². The number of benzene rings is 1. The van der Waals surface area contributed by atoms with Crippen molar-refractivity contribution in [2.45, 2.75) is 12.8 Å². The van der Waals surface area contributed by atoms with Gasteiger partial charge in [-0.25, -0.2) is 9.97 Å². The molecule has 0 atom stereocenters. The molecule has 0 unspecified atom stereocenters. The minimum Gasteiger partial charge on any atom is -0.492 e. The Morgan fingerprint density at radius 3 is 2.63 bits per heavy atom. The van der Waals surface area contributed by atoms with Crippen LogP contribution in [0.5, 0.6) is 5.75 Å². The first-order valence-electron chi connectivity index (χ1n) is 12.2. The number of anilines is 3. The molecule has 180 valence electrons. The molecule has 2 aliphatic heterocycles. The molecule has 35 heavy (non-hydrogen) atoms. The Labute approximate surface area is 205 Å². The third kappa shape index (κ3) is 5.88. The van der Waals surface area contributed by atoms with E-state index < -0.39 is 0 Å². The molecule has 2 saturated heterocycles. The highest BCUT2D eigenvalue weighted by molar-refractivity contribution is 5.70. The van der Waals surface area contributed by atoms with Gasteiger partial charge in [-0.3, -0.25) is 0 Å². The van der Waals surface area contributed by atoms with E-state index in [4.69, 9.17) is 9.47 Å². The van der Waals surface area contributed by atoms with Gasteiger partial charge in [0.25, 0.3) is 0 Å². The lowest BCUT2D eigenvalue weighted by atomic mass is 9.99. The fraction of sp³-hybridized carbons (Fsp3) is 0.370. The molecule has 4 heterocycles. The van der Waals surface area contributed by atoms with Gasteiger partial charge in [0.15, 0.2) is 0 Å². The maximum absolute atomic E-state index is 9.71.